The molecule has 0 saturated carbocycles. The maximum atomic E-state index is 12.4. The van der Waals surface area contributed by atoms with Gasteiger partial charge in [-0.3, -0.25) is 4.79 Å². The van der Waals surface area contributed by atoms with Crippen molar-refractivity contribution < 1.29 is 4.79 Å². The third-order valence-corrected chi connectivity index (χ3v) is 3.89. The summed E-state index contributed by atoms with van der Waals surface area (Å²) in [6.07, 6.45) is 0. The van der Waals surface area contributed by atoms with E-state index in [-0.39, 0.29) is 5.91 Å². The maximum Gasteiger partial charge on any atom is 0.255 e. The zero-order valence-electron chi connectivity index (χ0n) is 10.1. The molecule has 1 aromatic carbocycles. The van der Waals surface area contributed by atoms with Crippen LogP contribution in [0.2, 0.25) is 0 Å². The summed E-state index contributed by atoms with van der Waals surface area (Å²) in [5, 5.41) is 3.43. The number of hydrogen-bond acceptors (Lipinski definition) is 2. The number of rotatable bonds is 1. The van der Waals surface area contributed by atoms with Crippen LogP contribution in [0.15, 0.2) is 24.3 Å². The van der Waals surface area contributed by atoms with Gasteiger partial charge in [-0.15, -0.1) is 0 Å². The number of nitrogens with one attached hydrogen (secondary N) is 1. The first-order chi connectivity index (χ1) is 8.08. The Bertz CT molecular complexity index is 412. The van der Waals surface area contributed by atoms with Crippen LogP contribution in [0, 0.1) is 3.57 Å². The van der Waals surface area contributed by atoms with E-state index in [2.05, 4.69) is 41.8 Å². The van der Waals surface area contributed by atoms with E-state index in [4.69, 9.17) is 0 Å². The number of nitrogens with zero attached hydrogens (tertiary/aromatic N) is 1. The van der Waals surface area contributed by atoms with Gasteiger partial charge >= 0.3 is 0 Å². The van der Waals surface area contributed by atoms with Gasteiger partial charge in [0.15, 0.2) is 0 Å². The fourth-order valence-corrected chi connectivity index (χ4v) is 2.92. The lowest BCUT2D eigenvalue weighted by Gasteiger charge is -2.36. The Morgan fingerprint density at radius 3 is 2.47 bits per heavy atom. The quantitative estimate of drug-likeness (QED) is 0.792. The summed E-state index contributed by atoms with van der Waals surface area (Å²) in [6, 6.07) is 8.49. The van der Waals surface area contributed by atoms with Crippen molar-refractivity contribution in [2.24, 2.45) is 0 Å². The second-order valence-electron chi connectivity index (χ2n) is 4.66. The summed E-state index contributed by atoms with van der Waals surface area (Å²) in [5.74, 6) is 0.148. The van der Waals surface area contributed by atoms with E-state index < -0.39 is 0 Å². The number of halogens is 1. The van der Waals surface area contributed by atoms with Crippen molar-refractivity contribution >= 4 is 28.5 Å². The lowest BCUT2D eigenvalue weighted by atomic mass is 10.1. The number of amides is 1. The smallest absolute Gasteiger partial charge is 0.255 e. The first kappa shape index (κ1) is 12.8. The van der Waals surface area contributed by atoms with Crippen LogP contribution in [-0.4, -0.2) is 36.0 Å². The molecule has 1 aromatic rings. The Labute approximate surface area is 116 Å². The average molecular weight is 344 g/mol. The summed E-state index contributed by atoms with van der Waals surface area (Å²) in [7, 11) is 0. The van der Waals surface area contributed by atoms with Crippen LogP contribution in [0.1, 0.15) is 24.2 Å². The van der Waals surface area contributed by atoms with Crippen LogP contribution in [0.5, 0.6) is 0 Å². The second-order valence-corrected chi connectivity index (χ2v) is 5.82. The van der Waals surface area contributed by atoms with E-state index in [1.165, 1.54) is 0 Å². The molecule has 0 spiro atoms. The topological polar surface area (TPSA) is 32.3 Å². The lowest BCUT2D eigenvalue weighted by molar-refractivity contribution is 0.0672. The van der Waals surface area contributed by atoms with E-state index in [1.54, 1.807) is 0 Å². The monoisotopic (exact) mass is 344 g/mol. The van der Waals surface area contributed by atoms with Crippen LogP contribution in [0.3, 0.4) is 0 Å². The predicted octanol–water partition coefficient (Wildman–Crippen LogP) is 2.11. The van der Waals surface area contributed by atoms with Crippen molar-refractivity contribution in [2.75, 3.05) is 13.1 Å². The molecule has 92 valence electrons. The minimum Gasteiger partial charge on any atom is -0.336 e. The zero-order chi connectivity index (χ0) is 12.4. The van der Waals surface area contributed by atoms with Gasteiger partial charge < -0.3 is 10.2 Å². The molecule has 1 aliphatic rings. The molecule has 0 radical (unpaired) electrons. The first-order valence-electron chi connectivity index (χ1n) is 5.88. The van der Waals surface area contributed by atoms with Gasteiger partial charge in [0.05, 0.1) is 5.56 Å². The van der Waals surface area contributed by atoms with Crippen LogP contribution in [0.25, 0.3) is 0 Å². The largest absolute Gasteiger partial charge is 0.336 e. The van der Waals surface area contributed by atoms with Gasteiger partial charge in [0, 0.05) is 28.7 Å². The van der Waals surface area contributed by atoms with Crippen LogP contribution >= 0.6 is 22.6 Å². The van der Waals surface area contributed by atoms with Gasteiger partial charge in [0.1, 0.15) is 0 Å². The molecule has 0 aliphatic carbocycles. The highest BCUT2D eigenvalue weighted by Gasteiger charge is 2.26. The molecule has 1 amide bonds. The van der Waals surface area contributed by atoms with Gasteiger partial charge in [-0.25, -0.2) is 0 Å². The fraction of sp³-hybridized carbons (Fsp3) is 0.462. The number of hydrogen-bond donors (Lipinski definition) is 1. The van der Waals surface area contributed by atoms with E-state index in [0.717, 1.165) is 22.2 Å². The van der Waals surface area contributed by atoms with Crippen LogP contribution < -0.4 is 5.32 Å². The molecular formula is C13H17IN2O. The molecule has 1 heterocycles. The molecule has 2 rings (SSSR count). The SMILES string of the molecule is CC1CN(C(=O)c2ccccc2I)CC(C)N1. The minimum atomic E-state index is 0.148. The molecule has 1 N–H and O–H groups in total. The number of carbonyl (C=O) groups is 1. The van der Waals surface area contributed by atoms with E-state index in [9.17, 15) is 4.79 Å². The van der Waals surface area contributed by atoms with E-state index in [0.29, 0.717) is 12.1 Å². The molecule has 3 nitrogen and oxygen atoms in total. The lowest BCUT2D eigenvalue weighted by Crippen LogP contribution is -2.55. The minimum absolute atomic E-state index is 0.148. The van der Waals surface area contributed by atoms with Crippen molar-refractivity contribution in [2.45, 2.75) is 25.9 Å². The maximum absolute atomic E-state index is 12.4. The van der Waals surface area contributed by atoms with E-state index in [1.807, 2.05) is 29.2 Å². The van der Waals surface area contributed by atoms with Gasteiger partial charge in [0.25, 0.3) is 5.91 Å². The van der Waals surface area contributed by atoms with Gasteiger partial charge in [-0.2, -0.15) is 0 Å². The number of benzene rings is 1. The fourth-order valence-electron chi connectivity index (χ4n) is 2.30. The Morgan fingerprint density at radius 1 is 1.29 bits per heavy atom. The summed E-state index contributed by atoms with van der Waals surface area (Å²) in [4.78, 5) is 14.4. The standard InChI is InChI=1S/C13H17IN2O/c1-9-7-16(8-10(2)15-9)13(17)11-5-3-4-6-12(11)14/h3-6,9-10,15H,7-8H2,1-2H3. The van der Waals surface area contributed by atoms with Crippen LogP contribution in [-0.2, 0) is 0 Å². The Morgan fingerprint density at radius 2 is 1.88 bits per heavy atom. The van der Waals surface area contributed by atoms with Gasteiger partial charge in [-0.05, 0) is 48.6 Å². The highest BCUT2D eigenvalue weighted by molar-refractivity contribution is 14.1. The zero-order valence-corrected chi connectivity index (χ0v) is 12.3. The van der Waals surface area contributed by atoms with Crippen molar-refractivity contribution in [3.8, 4) is 0 Å². The highest BCUT2D eigenvalue weighted by Crippen LogP contribution is 2.16. The second kappa shape index (κ2) is 5.35. The van der Waals surface area contributed by atoms with Crippen molar-refractivity contribution in [1.29, 1.82) is 0 Å². The molecule has 2 atom stereocenters. The summed E-state index contributed by atoms with van der Waals surface area (Å²) in [6.45, 7) is 5.81. The summed E-state index contributed by atoms with van der Waals surface area (Å²) in [5.41, 5.74) is 0.814. The molecule has 0 bridgehead atoms. The third-order valence-electron chi connectivity index (χ3n) is 2.95. The number of carbonyl (C=O) groups excluding carboxylic acids is 1. The normalized spacial score (nSPS) is 24.8. The first-order valence-corrected chi connectivity index (χ1v) is 6.95. The van der Waals surface area contributed by atoms with Crippen LogP contribution in [0.4, 0.5) is 0 Å². The van der Waals surface area contributed by atoms with Crippen molar-refractivity contribution in [1.82, 2.24) is 10.2 Å². The van der Waals surface area contributed by atoms with Crippen molar-refractivity contribution in [3.63, 3.8) is 0 Å². The summed E-state index contributed by atoms with van der Waals surface area (Å²) < 4.78 is 1.02. The highest BCUT2D eigenvalue weighted by atomic mass is 127. The Hall–Kier alpha value is -0.620. The Balaban J connectivity index is 2.17. The van der Waals surface area contributed by atoms with Crippen molar-refractivity contribution in [3.05, 3.63) is 33.4 Å². The number of piperazine rings is 1. The molecule has 1 saturated heterocycles. The molecule has 17 heavy (non-hydrogen) atoms. The molecule has 2 unspecified atom stereocenters. The Kier molecular flexibility index (Phi) is 4.04. The molecule has 1 aliphatic heterocycles. The molecular weight excluding hydrogens is 327 g/mol. The van der Waals surface area contributed by atoms with Gasteiger partial charge in [0.2, 0.25) is 0 Å². The van der Waals surface area contributed by atoms with Gasteiger partial charge in [-0.1, -0.05) is 12.1 Å². The molecule has 0 aromatic heterocycles. The predicted molar refractivity (Wildman–Crippen MR) is 77.1 cm³/mol. The summed E-state index contributed by atoms with van der Waals surface area (Å²) >= 11 is 2.22. The molecule has 4 heteroatoms. The third kappa shape index (κ3) is 2.98. The van der Waals surface area contributed by atoms with E-state index >= 15 is 0 Å². The molecule has 1 fully saturated rings. The average Bonchev–Trinajstić information content (AvgIpc) is 2.27.